The molecule has 4 heteroatoms. The molecule has 1 rings (SSSR count). The first-order valence-electron chi connectivity index (χ1n) is 5.51. The summed E-state index contributed by atoms with van der Waals surface area (Å²) in [5, 5.41) is 19.1. The average molecular weight is 224 g/mol. The van der Waals surface area contributed by atoms with Crippen molar-refractivity contribution in [2.75, 3.05) is 0 Å². The summed E-state index contributed by atoms with van der Waals surface area (Å²) in [5.41, 5.74) is 7.83. The van der Waals surface area contributed by atoms with Crippen molar-refractivity contribution < 1.29 is 10.2 Å². The van der Waals surface area contributed by atoms with Crippen LogP contribution >= 0.6 is 0 Å². The molecule has 4 N–H and O–H groups in total. The van der Waals surface area contributed by atoms with E-state index in [4.69, 9.17) is 5.73 Å². The van der Waals surface area contributed by atoms with Gasteiger partial charge in [-0.15, -0.1) is 0 Å². The van der Waals surface area contributed by atoms with Crippen molar-refractivity contribution in [1.82, 2.24) is 4.98 Å². The molecule has 0 saturated heterocycles. The highest BCUT2D eigenvalue weighted by molar-refractivity contribution is 5.42. The minimum Gasteiger partial charge on any atom is -0.506 e. The minimum absolute atomic E-state index is 0.111. The second-order valence-corrected chi connectivity index (χ2v) is 4.53. The van der Waals surface area contributed by atoms with Crippen molar-refractivity contribution >= 4 is 0 Å². The van der Waals surface area contributed by atoms with Gasteiger partial charge in [-0.3, -0.25) is 4.98 Å². The van der Waals surface area contributed by atoms with Crippen LogP contribution in [-0.2, 0) is 6.61 Å². The Kier molecular flexibility index (Phi) is 4.26. The van der Waals surface area contributed by atoms with Crippen LogP contribution in [0.4, 0.5) is 0 Å². The van der Waals surface area contributed by atoms with Gasteiger partial charge in [0.25, 0.3) is 0 Å². The molecule has 1 heterocycles. The first-order valence-corrected chi connectivity index (χ1v) is 5.51. The molecule has 0 saturated carbocycles. The third-order valence-electron chi connectivity index (χ3n) is 2.62. The Morgan fingerprint density at radius 2 is 2.06 bits per heavy atom. The molecule has 0 radical (unpaired) electrons. The van der Waals surface area contributed by atoms with Crippen molar-refractivity contribution in [2.24, 2.45) is 11.7 Å². The Morgan fingerprint density at radius 3 is 2.56 bits per heavy atom. The van der Waals surface area contributed by atoms with Crippen LogP contribution in [-0.4, -0.2) is 15.2 Å². The van der Waals surface area contributed by atoms with Gasteiger partial charge in [0.15, 0.2) is 0 Å². The summed E-state index contributed by atoms with van der Waals surface area (Å²) in [7, 11) is 0. The molecule has 1 aromatic rings. The molecule has 0 fully saturated rings. The van der Waals surface area contributed by atoms with E-state index in [9.17, 15) is 10.2 Å². The first-order chi connectivity index (χ1) is 7.47. The number of nitrogens with zero attached hydrogens (tertiary/aromatic N) is 1. The second kappa shape index (κ2) is 5.27. The van der Waals surface area contributed by atoms with E-state index < -0.39 is 0 Å². The van der Waals surface area contributed by atoms with Crippen molar-refractivity contribution in [3.8, 4) is 5.75 Å². The lowest BCUT2D eigenvalue weighted by atomic mass is 9.94. The summed E-state index contributed by atoms with van der Waals surface area (Å²) in [6.07, 6.45) is 2.34. The van der Waals surface area contributed by atoms with E-state index in [0.717, 1.165) is 6.42 Å². The molecule has 0 aliphatic heterocycles. The van der Waals surface area contributed by atoms with Gasteiger partial charge in [-0.25, -0.2) is 0 Å². The predicted octanol–water partition coefficient (Wildman–Crippen LogP) is 1.63. The van der Waals surface area contributed by atoms with Crippen LogP contribution in [0.15, 0.2) is 6.20 Å². The summed E-state index contributed by atoms with van der Waals surface area (Å²) in [6, 6.07) is -0.260. The van der Waals surface area contributed by atoms with Crippen LogP contribution in [0.2, 0.25) is 0 Å². The fourth-order valence-corrected chi connectivity index (χ4v) is 1.82. The molecule has 0 amide bonds. The largest absolute Gasteiger partial charge is 0.506 e. The van der Waals surface area contributed by atoms with Gasteiger partial charge in [-0.1, -0.05) is 13.8 Å². The molecule has 0 aromatic carbocycles. The predicted molar refractivity (Wildman–Crippen MR) is 62.9 cm³/mol. The Balaban J connectivity index is 3.13. The number of nitrogens with two attached hydrogens (primary N) is 1. The summed E-state index contributed by atoms with van der Waals surface area (Å²) < 4.78 is 0. The van der Waals surface area contributed by atoms with E-state index in [-0.39, 0.29) is 18.4 Å². The van der Waals surface area contributed by atoms with Crippen LogP contribution in [0, 0.1) is 12.8 Å². The van der Waals surface area contributed by atoms with E-state index in [0.29, 0.717) is 22.7 Å². The van der Waals surface area contributed by atoms with Crippen molar-refractivity contribution in [3.05, 3.63) is 23.0 Å². The molecule has 0 aliphatic rings. The lowest BCUT2D eigenvalue weighted by Gasteiger charge is -2.19. The molecule has 0 unspecified atom stereocenters. The highest BCUT2D eigenvalue weighted by Gasteiger charge is 2.18. The fraction of sp³-hybridized carbons (Fsp3) is 0.583. The van der Waals surface area contributed by atoms with Crippen molar-refractivity contribution in [3.63, 3.8) is 0 Å². The van der Waals surface area contributed by atoms with Crippen LogP contribution in [0.25, 0.3) is 0 Å². The zero-order valence-electron chi connectivity index (χ0n) is 10.1. The molecule has 1 aromatic heterocycles. The maximum atomic E-state index is 9.94. The zero-order chi connectivity index (χ0) is 12.3. The monoisotopic (exact) mass is 224 g/mol. The molecule has 4 nitrogen and oxygen atoms in total. The Bertz CT molecular complexity index is 364. The Hall–Kier alpha value is -1.13. The number of aliphatic hydroxyl groups excluding tert-OH is 1. The van der Waals surface area contributed by atoms with E-state index in [1.165, 1.54) is 0 Å². The van der Waals surface area contributed by atoms with E-state index in [2.05, 4.69) is 18.8 Å². The number of hydrogen-bond acceptors (Lipinski definition) is 4. The lowest BCUT2D eigenvalue weighted by molar-refractivity contribution is 0.277. The van der Waals surface area contributed by atoms with Crippen molar-refractivity contribution in [1.29, 1.82) is 0 Å². The van der Waals surface area contributed by atoms with E-state index in [1.807, 2.05) is 0 Å². The summed E-state index contributed by atoms with van der Waals surface area (Å²) in [5.74, 6) is 0.550. The lowest BCUT2D eigenvalue weighted by Crippen LogP contribution is -2.16. The number of aryl methyl sites for hydroxylation is 1. The third-order valence-corrected chi connectivity index (χ3v) is 2.62. The number of pyridine rings is 1. The van der Waals surface area contributed by atoms with Crippen molar-refractivity contribution in [2.45, 2.75) is 39.8 Å². The van der Waals surface area contributed by atoms with Gasteiger partial charge in [0.1, 0.15) is 5.75 Å². The first kappa shape index (κ1) is 12.9. The van der Waals surface area contributed by atoms with Gasteiger partial charge >= 0.3 is 0 Å². The van der Waals surface area contributed by atoms with Crippen LogP contribution in [0.5, 0.6) is 5.75 Å². The summed E-state index contributed by atoms with van der Waals surface area (Å²) >= 11 is 0. The highest BCUT2D eigenvalue weighted by atomic mass is 16.3. The van der Waals surface area contributed by atoms with Gasteiger partial charge in [-0.05, 0) is 19.3 Å². The second-order valence-electron chi connectivity index (χ2n) is 4.53. The number of aromatic nitrogens is 1. The molecule has 1 atom stereocenters. The van der Waals surface area contributed by atoms with Crippen LogP contribution < -0.4 is 5.73 Å². The Labute approximate surface area is 96.1 Å². The maximum absolute atomic E-state index is 9.94. The molecule has 16 heavy (non-hydrogen) atoms. The molecule has 0 bridgehead atoms. The van der Waals surface area contributed by atoms with E-state index >= 15 is 0 Å². The third kappa shape index (κ3) is 2.71. The quantitative estimate of drug-likeness (QED) is 0.726. The topological polar surface area (TPSA) is 79.4 Å². The Morgan fingerprint density at radius 1 is 1.44 bits per heavy atom. The molecular weight excluding hydrogens is 204 g/mol. The maximum Gasteiger partial charge on any atom is 0.141 e. The molecule has 90 valence electrons. The zero-order valence-corrected chi connectivity index (χ0v) is 10.1. The van der Waals surface area contributed by atoms with Gasteiger partial charge in [-0.2, -0.15) is 0 Å². The highest BCUT2D eigenvalue weighted by Crippen LogP contribution is 2.31. The number of rotatable bonds is 4. The number of aliphatic hydroxyl groups is 1. The van der Waals surface area contributed by atoms with Gasteiger partial charge in [0.2, 0.25) is 0 Å². The fourth-order valence-electron chi connectivity index (χ4n) is 1.82. The standard InChI is InChI=1S/C12H20N2O2/c1-7(2)4-10(13)11-9(6-15)5-14-8(3)12(11)16/h5,7,10,15-16H,4,6,13H2,1-3H3/t10-/m0/s1. The number of hydrogen-bond donors (Lipinski definition) is 3. The summed E-state index contributed by atoms with van der Waals surface area (Å²) in [6.45, 7) is 5.72. The van der Waals surface area contributed by atoms with Gasteiger partial charge in [0.05, 0.1) is 12.3 Å². The average Bonchev–Trinajstić information content (AvgIpc) is 2.20. The van der Waals surface area contributed by atoms with Gasteiger partial charge in [0, 0.05) is 23.4 Å². The minimum atomic E-state index is -0.260. The molecule has 0 spiro atoms. The normalized spacial score (nSPS) is 13.1. The summed E-state index contributed by atoms with van der Waals surface area (Å²) in [4.78, 5) is 4.01. The molecule has 0 aliphatic carbocycles. The van der Waals surface area contributed by atoms with Crippen LogP contribution in [0.3, 0.4) is 0 Å². The SMILES string of the molecule is Cc1ncc(CO)c([C@@H](N)CC(C)C)c1O. The number of aromatic hydroxyl groups is 1. The van der Waals surface area contributed by atoms with Gasteiger partial charge < -0.3 is 15.9 Å². The molecular formula is C12H20N2O2. The van der Waals surface area contributed by atoms with E-state index in [1.54, 1.807) is 13.1 Å². The van der Waals surface area contributed by atoms with Crippen LogP contribution in [0.1, 0.15) is 43.1 Å². The smallest absolute Gasteiger partial charge is 0.141 e.